The van der Waals surface area contributed by atoms with E-state index in [1.807, 2.05) is 19.9 Å². The fourth-order valence-corrected chi connectivity index (χ4v) is 2.50. The van der Waals surface area contributed by atoms with Gasteiger partial charge in [0.05, 0.1) is 18.1 Å². The van der Waals surface area contributed by atoms with Crippen LogP contribution < -0.4 is 0 Å². The summed E-state index contributed by atoms with van der Waals surface area (Å²) < 4.78 is 5.10. The van der Waals surface area contributed by atoms with Crippen LogP contribution in [0.5, 0.6) is 0 Å². The molecule has 0 aliphatic carbocycles. The maximum Gasteiger partial charge on any atom is 0.156 e. The third-order valence-electron chi connectivity index (χ3n) is 3.12. The monoisotopic (exact) mass is 354 g/mol. The Morgan fingerprint density at radius 2 is 2.04 bits per heavy atom. The number of carbonyl (C=O) groups is 1. The lowest BCUT2D eigenvalue weighted by atomic mass is 10.3. The lowest BCUT2D eigenvalue weighted by Gasteiger charge is -2.21. The Hall–Kier alpha value is -1.14. The quantitative estimate of drug-likeness (QED) is 0.466. The zero-order chi connectivity index (χ0) is 17.2. The average Bonchev–Trinajstić information content (AvgIpc) is 2.54. The number of hydrogen-bond acceptors (Lipinski definition) is 5. The molecule has 1 aromatic heterocycles. The Bertz CT molecular complexity index is 548. The first kappa shape index (κ1) is 19.9. The highest BCUT2D eigenvalue weighted by Gasteiger charge is 2.05. The van der Waals surface area contributed by atoms with E-state index in [-0.39, 0.29) is 0 Å². The van der Waals surface area contributed by atoms with Crippen molar-refractivity contribution in [1.82, 2.24) is 9.88 Å². The van der Waals surface area contributed by atoms with E-state index < -0.39 is 0 Å². The minimum absolute atomic E-state index is 0.444. The normalized spacial score (nSPS) is 14.4. The topological polar surface area (TPSA) is 42.4 Å². The molecular formula is C17H23ClN2O2S. The number of pyridine rings is 1. The summed E-state index contributed by atoms with van der Waals surface area (Å²) in [5.74, 6) is 0. The maximum absolute atomic E-state index is 10.8. The van der Waals surface area contributed by atoms with Gasteiger partial charge in [-0.15, -0.1) is 0 Å². The summed E-state index contributed by atoms with van der Waals surface area (Å²) >= 11 is 7.03. The first-order chi connectivity index (χ1) is 10.9. The van der Waals surface area contributed by atoms with Gasteiger partial charge in [0, 0.05) is 29.8 Å². The minimum Gasteiger partial charge on any atom is -0.379 e. The molecule has 0 radical (unpaired) electrons. The molecule has 1 saturated heterocycles. The Balaban J connectivity index is 0.000000313. The first-order valence-corrected chi connectivity index (χ1v) is 8.51. The van der Waals surface area contributed by atoms with Crippen molar-refractivity contribution in [2.45, 2.75) is 13.8 Å². The summed E-state index contributed by atoms with van der Waals surface area (Å²) in [5.41, 5.74) is 1.85. The van der Waals surface area contributed by atoms with Crippen LogP contribution in [0.1, 0.15) is 19.4 Å². The molecular weight excluding hydrogens is 332 g/mol. The van der Waals surface area contributed by atoms with Gasteiger partial charge in [0.15, 0.2) is 6.29 Å². The lowest BCUT2D eigenvalue weighted by molar-refractivity contribution is -0.104. The SMILES string of the molecule is C=C(SC(C=O)=C(C)C)c1ccc(Cl)nc1.CN1CCOCC1. The van der Waals surface area contributed by atoms with E-state index in [0.717, 1.165) is 48.6 Å². The highest BCUT2D eigenvalue weighted by atomic mass is 35.5. The number of thioether (sulfide) groups is 1. The summed E-state index contributed by atoms with van der Waals surface area (Å²) in [6.07, 6.45) is 2.49. The van der Waals surface area contributed by atoms with E-state index in [9.17, 15) is 4.79 Å². The van der Waals surface area contributed by atoms with Gasteiger partial charge in [-0.05, 0) is 33.0 Å². The average molecular weight is 355 g/mol. The molecule has 23 heavy (non-hydrogen) atoms. The van der Waals surface area contributed by atoms with E-state index in [1.54, 1.807) is 12.3 Å². The van der Waals surface area contributed by atoms with Crippen molar-refractivity contribution in [1.29, 1.82) is 0 Å². The van der Waals surface area contributed by atoms with Crippen LogP contribution in [0.25, 0.3) is 4.91 Å². The molecule has 1 aliphatic heterocycles. The van der Waals surface area contributed by atoms with Gasteiger partial charge in [0.25, 0.3) is 0 Å². The van der Waals surface area contributed by atoms with E-state index in [0.29, 0.717) is 10.1 Å². The molecule has 0 spiro atoms. The largest absolute Gasteiger partial charge is 0.379 e. The number of carbonyl (C=O) groups excluding carboxylic acids is 1. The molecule has 0 bridgehead atoms. The van der Waals surface area contributed by atoms with Crippen LogP contribution in [0.3, 0.4) is 0 Å². The number of morpholine rings is 1. The highest BCUT2D eigenvalue weighted by molar-refractivity contribution is 8.12. The molecule has 4 nitrogen and oxygen atoms in total. The van der Waals surface area contributed by atoms with Crippen molar-refractivity contribution in [3.8, 4) is 0 Å². The molecule has 0 N–H and O–H groups in total. The second-order valence-corrected chi connectivity index (χ2v) is 6.82. The molecule has 0 atom stereocenters. The number of hydrogen-bond donors (Lipinski definition) is 0. The molecule has 126 valence electrons. The van der Waals surface area contributed by atoms with E-state index in [2.05, 4.69) is 23.5 Å². The molecule has 2 heterocycles. The molecule has 1 aromatic rings. The standard InChI is InChI=1S/C12H12ClNOS.C5H11NO/c1-8(2)11(7-15)16-9(3)10-4-5-12(13)14-6-10;1-6-2-4-7-5-3-6/h4-7H,3H2,1-2H3;2-5H2,1H3. The molecule has 0 saturated carbocycles. The Kier molecular flexibility index (Phi) is 9.17. The van der Waals surface area contributed by atoms with Crippen LogP contribution >= 0.6 is 23.4 Å². The third kappa shape index (κ3) is 7.79. The van der Waals surface area contributed by atoms with Gasteiger partial charge in [-0.3, -0.25) is 4.79 Å². The number of nitrogens with zero attached hydrogens (tertiary/aromatic N) is 2. The summed E-state index contributed by atoms with van der Waals surface area (Å²) in [7, 11) is 2.11. The van der Waals surface area contributed by atoms with Crippen LogP contribution in [0.4, 0.5) is 0 Å². The number of rotatable bonds is 4. The molecule has 1 fully saturated rings. The zero-order valence-corrected chi connectivity index (χ0v) is 15.4. The van der Waals surface area contributed by atoms with Gasteiger partial charge in [-0.2, -0.15) is 0 Å². The third-order valence-corrected chi connectivity index (χ3v) is 4.55. The van der Waals surface area contributed by atoms with Crippen LogP contribution in [-0.4, -0.2) is 49.5 Å². The van der Waals surface area contributed by atoms with Crippen LogP contribution in [-0.2, 0) is 9.53 Å². The van der Waals surface area contributed by atoms with Crippen molar-refractivity contribution >= 4 is 34.6 Å². The predicted molar refractivity (Wildman–Crippen MR) is 98.6 cm³/mol. The zero-order valence-electron chi connectivity index (χ0n) is 13.8. The summed E-state index contributed by atoms with van der Waals surface area (Å²) in [6.45, 7) is 11.7. The second-order valence-electron chi connectivity index (χ2n) is 5.29. The van der Waals surface area contributed by atoms with Crippen LogP contribution in [0, 0.1) is 0 Å². The van der Waals surface area contributed by atoms with E-state index in [1.165, 1.54) is 11.8 Å². The number of aldehydes is 1. The summed E-state index contributed by atoms with van der Waals surface area (Å²) in [4.78, 5) is 18.5. The fraction of sp³-hybridized carbons (Fsp3) is 0.412. The fourth-order valence-electron chi connectivity index (χ4n) is 1.63. The van der Waals surface area contributed by atoms with Gasteiger partial charge < -0.3 is 9.64 Å². The molecule has 6 heteroatoms. The number of aromatic nitrogens is 1. The van der Waals surface area contributed by atoms with Crippen molar-refractivity contribution in [2.24, 2.45) is 0 Å². The first-order valence-electron chi connectivity index (χ1n) is 7.31. The van der Waals surface area contributed by atoms with Crippen LogP contribution in [0.2, 0.25) is 5.15 Å². The summed E-state index contributed by atoms with van der Waals surface area (Å²) in [6, 6.07) is 3.53. The predicted octanol–water partition coefficient (Wildman–Crippen LogP) is 3.88. The molecule has 0 amide bonds. The van der Waals surface area contributed by atoms with Crippen molar-refractivity contribution in [2.75, 3.05) is 33.4 Å². The second kappa shape index (κ2) is 10.6. The van der Waals surface area contributed by atoms with Crippen molar-refractivity contribution < 1.29 is 9.53 Å². The van der Waals surface area contributed by atoms with Gasteiger partial charge in [0.1, 0.15) is 5.15 Å². The minimum atomic E-state index is 0.444. The van der Waals surface area contributed by atoms with Gasteiger partial charge in [0.2, 0.25) is 0 Å². The Labute approximate surface area is 147 Å². The molecule has 2 rings (SSSR count). The lowest BCUT2D eigenvalue weighted by Crippen LogP contribution is -2.32. The van der Waals surface area contributed by atoms with Gasteiger partial charge in [-0.1, -0.05) is 35.5 Å². The Morgan fingerprint density at radius 1 is 1.39 bits per heavy atom. The Morgan fingerprint density at radius 3 is 2.43 bits per heavy atom. The number of halogens is 1. The van der Waals surface area contributed by atoms with Crippen LogP contribution in [0.15, 0.2) is 35.4 Å². The molecule has 0 unspecified atom stereocenters. The molecule has 1 aliphatic rings. The van der Waals surface area contributed by atoms with Gasteiger partial charge in [-0.25, -0.2) is 4.98 Å². The van der Waals surface area contributed by atoms with Crippen molar-refractivity contribution in [3.63, 3.8) is 0 Å². The smallest absolute Gasteiger partial charge is 0.156 e. The number of ether oxygens (including phenoxy) is 1. The number of likely N-dealkylation sites (N-methyl/N-ethyl adjacent to an activating group) is 1. The van der Waals surface area contributed by atoms with Gasteiger partial charge >= 0.3 is 0 Å². The molecule has 0 aromatic carbocycles. The maximum atomic E-state index is 10.8. The summed E-state index contributed by atoms with van der Waals surface area (Å²) in [5, 5.41) is 0.444. The van der Waals surface area contributed by atoms with Crippen molar-refractivity contribution in [3.05, 3.63) is 46.1 Å². The number of allylic oxidation sites excluding steroid dienone is 2. The highest BCUT2D eigenvalue weighted by Crippen LogP contribution is 2.32. The van der Waals surface area contributed by atoms with E-state index >= 15 is 0 Å². The van der Waals surface area contributed by atoms with E-state index in [4.69, 9.17) is 16.3 Å².